The van der Waals surface area contributed by atoms with Crippen LogP contribution in [0.5, 0.6) is 34.5 Å². The summed E-state index contributed by atoms with van der Waals surface area (Å²) >= 11 is 0. The number of rotatable bonds is 10. The molecule has 4 unspecified atom stereocenters. The van der Waals surface area contributed by atoms with E-state index in [-0.39, 0.29) is 22.6 Å². The standard InChI is InChI=1S/C31H36O19/c1-10(33)45-9-18-21(37)24(40)25(41)30(48-18)49-28-22(38)17(8-32)47-31(26(28)42)50-29-23(39)19-13(35)6-12(34)7-14(19)46-27(29)11-4-15(43-2)20(36)16(5-11)44-3/h4-7,17-18,21-22,24-26,28,30-32,34-38,40-42H,8-9H2,1-3H3/t17?,18?,21-,22+,24+,25?,26-,28?,30+,31+/m1/s1. The number of ether oxygens (including phenoxy) is 7. The number of phenols is 3. The van der Waals surface area contributed by atoms with E-state index in [2.05, 4.69) is 0 Å². The van der Waals surface area contributed by atoms with Crippen molar-refractivity contribution < 1.29 is 88.3 Å². The monoisotopic (exact) mass is 712 g/mol. The van der Waals surface area contributed by atoms with Crippen LogP contribution < -0.4 is 19.6 Å². The number of carbonyl (C=O) groups excluding carboxylic acids is 1. The first-order chi connectivity index (χ1) is 23.7. The van der Waals surface area contributed by atoms with Gasteiger partial charge in [-0.3, -0.25) is 9.59 Å². The molecular weight excluding hydrogens is 676 g/mol. The van der Waals surface area contributed by atoms with Crippen LogP contribution in [0.15, 0.2) is 33.5 Å². The molecular formula is C31H36O19. The lowest BCUT2D eigenvalue weighted by molar-refractivity contribution is -0.353. The van der Waals surface area contributed by atoms with Crippen LogP contribution in [0.3, 0.4) is 0 Å². The molecule has 10 atom stereocenters. The van der Waals surface area contributed by atoms with Crippen LogP contribution in [-0.4, -0.2) is 141 Å². The summed E-state index contributed by atoms with van der Waals surface area (Å²) in [5.74, 6) is -3.75. The molecule has 274 valence electrons. The Bertz CT molecular complexity index is 1730. The van der Waals surface area contributed by atoms with Crippen LogP contribution >= 0.6 is 0 Å². The zero-order valence-electron chi connectivity index (χ0n) is 26.6. The maximum atomic E-state index is 13.9. The smallest absolute Gasteiger partial charge is 0.302 e. The lowest BCUT2D eigenvalue weighted by atomic mass is 9.97. The van der Waals surface area contributed by atoms with E-state index in [1.807, 2.05) is 0 Å². The number of fused-ring (bicyclic) bond motifs is 1. The Morgan fingerprint density at radius 1 is 0.820 bits per heavy atom. The van der Waals surface area contributed by atoms with Gasteiger partial charge in [0.2, 0.25) is 23.2 Å². The van der Waals surface area contributed by atoms with Gasteiger partial charge in [0.15, 0.2) is 23.5 Å². The van der Waals surface area contributed by atoms with E-state index in [0.717, 1.165) is 19.1 Å². The summed E-state index contributed by atoms with van der Waals surface area (Å²) in [7, 11) is 2.47. The van der Waals surface area contributed by atoms with E-state index in [4.69, 9.17) is 37.6 Å². The highest BCUT2D eigenvalue weighted by molar-refractivity contribution is 5.88. The number of esters is 1. The van der Waals surface area contributed by atoms with Crippen LogP contribution in [0.2, 0.25) is 0 Å². The number of aliphatic hydroxyl groups excluding tert-OH is 6. The van der Waals surface area contributed by atoms with Gasteiger partial charge in [-0.05, 0) is 12.1 Å². The molecule has 2 fully saturated rings. The second kappa shape index (κ2) is 14.8. The second-order valence-corrected chi connectivity index (χ2v) is 11.4. The Balaban J connectivity index is 1.56. The van der Waals surface area contributed by atoms with Gasteiger partial charge in [-0.15, -0.1) is 0 Å². The van der Waals surface area contributed by atoms with Crippen molar-refractivity contribution in [2.24, 2.45) is 0 Å². The van der Waals surface area contributed by atoms with Crippen molar-refractivity contribution in [1.82, 2.24) is 0 Å². The predicted octanol–water partition coefficient (Wildman–Crippen LogP) is -1.83. The highest BCUT2D eigenvalue weighted by Gasteiger charge is 2.52. The minimum absolute atomic E-state index is 0.0183. The predicted molar refractivity (Wildman–Crippen MR) is 163 cm³/mol. The second-order valence-electron chi connectivity index (χ2n) is 11.4. The molecule has 19 nitrogen and oxygen atoms in total. The maximum Gasteiger partial charge on any atom is 0.302 e. The largest absolute Gasteiger partial charge is 0.508 e. The van der Waals surface area contributed by atoms with E-state index in [1.54, 1.807) is 0 Å². The van der Waals surface area contributed by atoms with E-state index in [1.165, 1.54) is 26.4 Å². The first kappa shape index (κ1) is 36.8. The number of hydrogen-bond acceptors (Lipinski definition) is 19. The van der Waals surface area contributed by atoms with Gasteiger partial charge in [0, 0.05) is 24.6 Å². The van der Waals surface area contributed by atoms with Gasteiger partial charge in [0.1, 0.15) is 77.9 Å². The number of benzene rings is 2. The molecule has 2 aromatic carbocycles. The number of aromatic hydroxyl groups is 3. The Morgan fingerprint density at radius 2 is 1.46 bits per heavy atom. The zero-order chi connectivity index (χ0) is 36.6. The number of carbonyl (C=O) groups is 1. The molecule has 0 spiro atoms. The van der Waals surface area contributed by atoms with Crippen molar-refractivity contribution in [2.45, 2.75) is 68.3 Å². The van der Waals surface area contributed by atoms with Crippen LogP contribution in [-0.2, 0) is 23.7 Å². The molecule has 0 saturated carbocycles. The summed E-state index contributed by atoms with van der Waals surface area (Å²) in [6.45, 7) is -0.383. The quantitative estimate of drug-likeness (QED) is 0.104. The number of aliphatic hydroxyl groups is 6. The van der Waals surface area contributed by atoms with E-state index in [0.29, 0.717) is 0 Å². The van der Waals surface area contributed by atoms with E-state index < -0.39 is 120 Å². The van der Waals surface area contributed by atoms with Crippen LogP contribution in [0, 0.1) is 0 Å². The summed E-state index contributed by atoms with van der Waals surface area (Å²) < 4.78 is 43.7. The fourth-order valence-electron chi connectivity index (χ4n) is 5.54. The molecule has 0 radical (unpaired) electrons. The fraction of sp³-hybridized carbons (Fsp3) is 0.484. The minimum atomic E-state index is -2.07. The molecule has 2 aliphatic rings. The fourth-order valence-corrected chi connectivity index (χ4v) is 5.54. The molecule has 50 heavy (non-hydrogen) atoms. The number of phenolic OH excluding ortho intramolecular Hbond substituents is 3. The molecule has 2 saturated heterocycles. The number of methoxy groups -OCH3 is 2. The summed E-state index contributed by atoms with van der Waals surface area (Å²) in [6, 6.07) is 4.35. The lowest BCUT2D eigenvalue weighted by Crippen LogP contribution is -2.65. The molecule has 9 N–H and O–H groups in total. The van der Waals surface area contributed by atoms with Gasteiger partial charge in [-0.25, -0.2) is 0 Å². The normalized spacial score (nSPS) is 29.8. The van der Waals surface area contributed by atoms with Crippen LogP contribution in [0.1, 0.15) is 6.92 Å². The van der Waals surface area contributed by atoms with Gasteiger partial charge in [0.05, 0.1) is 20.8 Å². The van der Waals surface area contributed by atoms with Crippen LogP contribution in [0.4, 0.5) is 0 Å². The lowest BCUT2D eigenvalue weighted by Gasteiger charge is -2.45. The van der Waals surface area contributed by atoms with Crippen LogP contribution in [0.25, 0.3) is 22.3 Å². The Labute approximate surface area is 281 Å². The summed E-state index contributed by atoms with van der Waals surface area (Å²) in [6.07, 6.45) is -18.2. The van der Waals surface area contributed by atoms with Crippen molar-refractivity contribution in [1.29, 1.82) is 0 Å². The molecule has 0 amide bonds. The minimum Gasteiger partial charge on any atom is -0.508 e. The van der Waals surface area contributed by atoms with Gasteiger partial charge < -0.3 is 83.5 Å². The molecule has 1 aromatic heterocycles. The summed E-state index contributed by atoms with van der Waals surface area (Å²) in [4.78, 5) is 25.2. The Kier molecular flexibility index (Phi) is 10.9. The van der Waals surface area contributed by atoms with Gasteiger partial charge in [-0.1, -0.05) is 0 Å². The number of hydrogen-bond donors (Lipinski definition) is 9. The third-order valence-electron chi connectivity index (χ3n) is 8.13. The van der Waals surface area contributed by atoms with Crippen molar-refractivity contribution in [2.75, 3.05) is 27.4 Å². The average molecular weight is 713 g/mol. The first-order valence-corrected chi connectivity index (χ1v) is 15.0. The Hall–Kier alpha value is -4.44. The van der Waals surface area contributed by atoms with Crippen molar-refractivity contribution >= 4 is 16.9 Å². The third kappa shape index (κ3) is 6.95. The van der Waals surface area contributed by atoms with E-state index >= 15 is 0 Å². The molecule has 0 aliphatic carbocycles. The average Bonchev–Trinajstić information content (AvgIpc) is 3.07. The van der Waals surface area contributed by atoms with Crippen molar-refractivity contribution in [3.63, 3.8) is 0 Å². The molecule has 2 aliphatic heterocycles. The molecule has 3 aromatic rings. The van der Waals surface area contributed by atoms with Crippen molar-refractivity contribution in [3.05, 3.63) is 34.5 Å². The summed E-state index contributed by atoms with van der Waals surface area (Å²) in [5, 5.41) is 94.3. The topological polar surface area (TPSA) is 294 Å². The van der Waals surface area contributed by atoms with Crippen molar-refractivity contribution in [3.8, 4) is 45.8 Å². The maximum absolute atomic E-state index is 13.9. The Morgan fingerprint density at radius 3 is 2.06 bits per heavy atom. The summed E-state index contributed by atoms with van der Waals surface area (Å²) in [5.41, 5.74) is -1.39. The molecule has 3 heterocycles. The molecule has 0 bridgehead atoms. The van der Waals surface area contributed by atoms with E-state index in [9.17, 15) is 55.5 Å². The highest BCUT2D eigenvalue weighted by atomic mass is 16.7. The molecule has 19 heteroatoms. The SMILES string of the molecule is COc1cc(-c2oc3cc(O)cc(O)c3c(=O)c2O[C@@H]2OC(CO)[C@H](O)C(O[C@@H]3OC(COC(C)=O)[C@@H](O)[C@H](O)C3O)[C@H]2O)cc(OC)c1O. The van der Waals surface area contributed by atoms with Gasteiger partial charge in [0.25, 0.3) is 0 Å². The highest BCUT2D eigenvalue weighted by Crippen LogP contribution is 2.44. The zero-order valence-corrected chi connectivity index (χ0v) is 26.6. The first-order valence-electron chi connectivity index (χ1n) is 15.0. The molecule has 5 rings (SSSR count). The third-order valence-corrected chi connectivity index (χ3v) is 8.13. The van der Waals surface area contributed by atoms with Gasteiger partial charge in [-0.2, -0.15) is 0 Å². The van der Waals surface area contributed by atoms with Gasteiger partial charge >= 0.3 is 5.97 Å².